The van der Waals surface area contributed by atoms with E-state index in [2.05, 4.69) is 15.4 Å². The van der Waals surface area contributed by atoms with Crippen LogP contribution in [0, 0.1) is 0 Å². The Bertz CT molecular complexity index is 1240. The molecule has 1 aliphatic heterocycles. The standard InChI is InChI=1S/C22H18F3N3O3S/c23-22(24,25)17-10-11-19-18(12-17)27-20(28-32(19,30)31)15-6-8-16(9-7-15)21(29)26-13-14-4-2-1-3-5-14/h1-12,20,27-28H,13H2,(H,26,29)/t20-/m1/s1. The zero-order valence-electron chi connectivity index (χ0n) is 16.5. The number of amides is 1. The second-order valence-corrected chi connectivity index (χ2v) is 8.88. The van der Waals surface area contributed by atoms with Crippen LogP contribution in [0.5, 0.6) is 0 Å². The van der Waals surface area contributed by atoms with Crippen LogP contribution in [-0.2, 0) is 22.7 Å². The number of anilines is 1. The highest BCUT2D eigenvalue weighted by Crippen LogP contribution is 2.37. The summed E-state index contributed by atoms with van der Waals surface area (Å²) >= 11 is 0. The number of sulfonamides is 1. The van der Waals surface area contributed by atoms with Crippen molar-refractivity contribution in [1.82, 2.24) is 10.0 Å². The smallest absolute Gasteiger partial charge is 0.364 e. The number of halogens is 3. The summed E-state index contributed by atoms with van der Waals surface area (Å²) < 4.78 is 66.5. The van der Waals surface area contributed by atoms with Crippen LogP contribution in [0.3, 0.4) is 0 Å². The second kappa shape index (κ2) is 8.29. The first-order valence-electron chi connectivity index (χ1n) is 9.56. The summed E-state index contributed by atoms with van der Waals surface area (Å²) in [6, 6.07) is 17.9. The summed E-state index contributed by atoms with van der Waals surface area (Å²) in [7, 11) is -4.03. The maximum absolute atomic E-state index is 13.0. The van der Waals surface area contributed by atoms with Crippen LogP contribution in [0.25, 0.3) is 0 Å². The Morgan fingerprint density at radius 1 is 0.969 bits per heavy atom. The molecule has 0 saturated carbocycles. The molecule has 1 heterocycles. The number of benzene rings is 3. The van der Waals surface area contributed by atoms with Gasteiger partial charge in [-0.3, -0.25) is 4.79 Å². The van der Waals surface area contributed by atoms with E-state index in [0.29, 0.717) is 17.7 Å². The van der Waals surface area contributed by atoms with Gasteiger partial charge in [0.1, 0.15) is 11.1 Å². The molecule has 0 saturated heterocycles. The van der Waals surface area contributed by atoms with E-state index < -0.39 is 27.9 Å². The first kappa shape index (κ1) is 21.8. The van der Waals surface area contributed by atoms with Crippen LogP contribution in [0.15, 0.2) is 77.7 Å². The molecule has 3 aromatic rings. The SMILES string of the molecule is O=C(NCc1ccccc1)c1ccc([C@@H]2Nc3cc(C(F)(F)F)ccc3S(=O)(=O)N2)cc1. The summed E-state index contributed by atoms with van der Waals surface area (Å²) in [5.74, 6) is -0.308. The number of carbonyl (C=O) groups excluding carboxylic acids is 1. The summed E-state index contributed by atoms with van der Waals surface area (Å²) in [5, 5.41) is 5.57. The van der Waals surface area contributed by atoms with Crippen molar-refractivity contribution in [3.05, 3.63) is 95.1 Å². The molecular formula is C22H18F3N3O3S. The maximum atomic E-state index is 13.0. The number of hydrogen-bond acceptors (Lipinski definition) is 4. The molecule has 0 aromatic heterocycles. The quantitative estimate of drug-likeness (QED) is 0.547. The number of alkyl halides is 3. The first-order valence-corrected chi connectivity index (χ1v) is 11.0. The van der Waals surface area contributed by atoms with Gasteiger partial charge in [-0.05, 0) is 41.5 Å². The summed E-state index contributed by atoms with van der Waals surface area (Å²) in [5.41, 5.74) is 0.646. The van der Waals surface area contributed by atoms with Gasteiger partial charge in [0, 0.05) is 12.1 Å². The number of fused-ring (bicyclic) bond motifs is 1. The topological polar surface area (TPSA) is 87.3 Å². The van der Waals surface area contributed by atoms with Gasteiger partial charge in [0.05, 0.1) is 11.3 Å². The molecule has 10 heteroatoms. The van der Waals surface area contributed by atoms with Gasteiger partial charge in [0.15, 0.2) is 0 Å². The molecule has 6 nitrogen and oxygen atoms in total. The van der Waals surface area contributed by atoms with Crippen LogP contribution in [0.2, 0.25) is 0 Å². The lowest BCUT2D eigenvalue weighted by molar-refractivity contribution is -0.137. The highest BCUT2D eigenvalue weighted by molar-refractivity contribution is 7.89. The molecule has 1 aliphatic rings. The first-order chi connectivity index (χ1) is 15.1. The molecule has 0 aliphatic carbocycles. The normalized spacial score (nSPS) is 17.2. The van der Waals surface area contributed by atoms with Gasteiger partial charge in [-0.15, -0.1) is 0 Å². The Morgan fingerprint density at radius 2 is 1.66 bits per heavy atom. The van der Waals surface area contributed by atoms with E-state index in [-0.39, 0.29) is 16.5 Å². The van der Waals surface area contributed by atoms with E-state index in [1.54, 1.807) is 0 Å². The Morgan fingerprint density at radius 3 is 2.31 bits per heavy atom. The largest absolute Gasteiger partial charge is 0.416 e. The van der Waals surface area contributed by atoms with Crippen molar-refractivity contribution >= 4 is 21.6 Å². The van der Waals surface area contributed by atoms with E-state index in [4.69, 9.17) is 0 Å². The van der Waals surface area contributed by atoms with Gasteiger partial charge in [0.25, 0.3) is 5.91 Å². The minimum absolute atomic E-state index is 0.145. The van der Waals surface area contributed by atoms with E-state index in [1.165, 1.54) is 24.3 Å². The van der Waals surface area contributed by atoms with Crippen molar-refractivity contribution in [3.8, 4) is 0 Å². The van der Waals surface area contributed by atoms with Crippen LogP contribution in [0.4, 0.5) is 18.9 Å². The third-order valence-electron chi connectivity index (χ3n) is 4.97. The van der Waals surface area contributed by atoms with Crippen molar-refractivity contribution in [2.75, 3.05) is 5.32 Å². The van der Waals surface area contributed by atoms with Crippen LogP contribution >= 0.6 is 0 Å². The van der Waals surface area contributed by atoms with Crippen molar-refractivity contribution in [2.45, 2.75) is 23.8 Å². The molecule has 166 valence electrons. The molecule has 3 aromatic carbocycles. The molecule has 4 rings (SSSR count). The molecule has 1 amide bonds. The van der Waals surface area contributed by atoms with Crippen molar-refractivity contribution in [2.24, 2.45) is 0 Å². The van der Waals surface area contributed by atoms with Crippen molar-refractivity contribution in [1.29, 1.82) is 0 Å². The van der Waals surface area contributed by atoms with Gasteiger partial charge in [0.2, 0.25) is 10.0 Å². The average molecular weight is 461 g/mol. The summed E-state index contributed by atoms with van der Waals surface area (Å²) in [4.78, 5) is 12.1. The maximum Gasteiger partial charge on any atom is 0.416 e. The van der Waals surface area contributed by atoms with Crippen molar-refractivity contribution in [3.63, 3.8) is 0 Å². The van der Waals surface area contributed by atoms with Gasteiger partial charge in [-0.1, -0.05) is 42.5 Å². The zero-order valence-corrected chi connectivity index (χ0v) is 17.3. The molecule has 1 atom stereocenters. The monoisotopic (exact) mass is 461 g/mol. The van der Waals surface area contributed by atoms with Gasteiger partial charge in [-0.25, -0.2) is 8.42 Å². The lowest BCUT2D eigenvalue weighted by Crippen LogP contribution is -2.38. The molecular weight excluding hydrogens is 443 g/mol. The molecule has 0 fully saturated rings. The zero-order chi connectivity index (χ0) is 22.9. The predicted octanol–water partition coefficient (Wildman–Crippen LogP) is 4.04. The fraction of sp³-hybridized carbons (Fsp3) is 0.136. The lowest BCUT2D eigenvalue weighted by atomic mass is 10.1. The number of nitrogens with one attached hydrogen (secondary N) is 3. The van der Waals surface area contributed by atoms with E-state index in [9.17, 15) is 26.4 Å². The van der Waals surface area contributed by atoms with Crippen LogP contribution in [-0.4, -0.2) is 14.3 Å². The van der Waals surface area contributed by atoms with Crippen molar-refractivity contribution < 1.29 is 26.4 Å². The number of hydrogen-bond donors (Lipinski definition) is 3. The highest BCUT2D eigenvalue weighted by atomic mass is 32.2. The predicted molar refractivity (Wildman–Crippen MR) is 112 cm³/mol. The minimum atomic E-state index is -4.60. The van der Waals surface area contributed by atoms with E-state index in [0.717, 1.165) is 23.8 Å². The Hall–Kier alpha value is -3.37. The number of carbonyl (C=O) groups is 1. The van der Waals surface area contributed by atoms with E-state index in [1.807, 2.05) is 30.3 Å². The minimum Gasteiger partial charge on any atom is -0.364 e. The fourth-order valence-electron chi connectivity index (χ4n) is 3.32. The summed E-state index contributed by atoms with van der Waals surface area (Å²) in [6.07, 6.45) is -5.59. The Balaban J connectivity index is 1.51. The molecule has 0 spiro atoms. The molecule has 0 unspecified atom stereocenters. The fourth-order valence-corrected chi connectivity index (χ4v) is 4.60. The Labute approximate surface area is 182 Å². The van der Waals surface area contributed by atoms with Gasteiger partial charge in [-0.2, -0.15) is 17.9 Å². The van der Waals surface area contributed by atoms with Crippen LogP contribution in [0.1, 0.15) is 33.2 Å². The average Bonchev–Trinajstić information content (AvgIpc) is 2.77. The molecule has 3 N–H and O–H groups in total. The molecule has 32 heavy (non-hydrogen) atoms. The van der Waals surface area contributed by atoms with Crippen LogP contribution < -0.4 is 15.4 Å². The highest BCUT2D eigenvalue weighted by Gasteiger charge is 2.35. The lowest BCUT2D eigenvalue weighted by Gasteiger charge is -2.29. The summed E-state index contributed by atoms with van der Waals surface area (Å²) in [6.45, 7) is 0.351. The Kier molecular flexibility index (Phi) is 5.66. The number of rotatable bonds is 4. The third kappa shape index (κ3) is 4.61. The van der Waals surface area contributed by atoms with E-state index >= 15 is 0 Å². The molecule has 0 radical (unpaired) electrons. The third-order valence-corrected chi connectivity index (χ3v) is 6.45. The van der Waals surface area contributed by atoms with Gasteiger partial charge >= 0.3 is 6.18 Å². The molecule has 0 bridgehead atoms. The second-order valence-electron chi connectivity index (χ2n) is 7.20. The van der Waals surface area contributed by atoms with Gasteiger partial charge < -0.3 is 10.6 Å².